The van der Waals surface area contributed by atoms with E-state index in [1.807, 2.05) is 0 Å². The molecule has 2 N–H and O–H groups in total. The summed E-state index contributed by atoms with van der Waals surface area (Å²) in [6, 6.07) is 0. The summed E-state index contributed by atoms with van der Waals surface area (Å²) in [7, 11) is 0. The van der Waals surface area contributed by atoms with Crippen LogP contribution in [0.4, 0.5) is 0 Å². The summed E-state index contributed by atoms with van der Waals surface area (Å²) in [5.74, 6) is -0.609. The molecule has 1 aromatic rings. The van der Waals surface area contributed by atoms with Crippen LogP contribution in [-0.4, -0.2) is 38.2 Å². The SMILES string of the molecule is Cc1onc(O)c1CC([AsH2])C(=O)O. The topological polar surface area (TPSA) is 83.6 Å². The number of hydrogen-bond donors (Lipinski definition) is 2. The van der Waals surface area contributed by atoms with Crippen molar-refractivity contribution in [2.45, 2.75) is 18.1 Å². The van der Waals surface area contributed by atoms with E-state index in [0.29, 0.717) is 11.3 Å². The molecule has 0 fully saturated rings. The molecule has 2 unspecified atom stereocenters. The maximum absolute atomic E-state index is 10.5. The molecule has 0 aliphatic heterocycles. The van der Waals surface area contributed by atoms with Crippen molar-refractivity contribution in [3.63, 3.8) is 0 Å². The summed E-state index contributed by atoms with van der Waals surface area (Å²) in [6.07, 6.45) is 0.260. The average Bonchev–Trinajstić information content (AvgIpc) is 2.35. The number of aromatic hydroxyl groups is 1. The third-order valence-electron chi connectivity index (χ3n) is 1.71. The number of aromatic nitrogens is 1. The number of nitrogens with zero attached hydrogens (tertiary/aromatic N) is 1. The van der Waals surface area contributed by atoms with E-state index in [-0.39, 0.29) is 12.3 Å². The van der Waals surface area contributed by atoms with Gasteiger partial charge in [-0.15, -0.1) is 0 Å². The van der Waals surface area contributed by atoms with E-state index in [0.717, 1.165) is 16.9 Å². The van der Waals surface area contributed by atoms with Crippen molar-refractivity contribution >= 4 is 22.8 Å². The second-order valence-electron chi connectivity index (χ2n) is 2.69. The van der Waals surface area contributed by atoms with E-state index in [1.54, 1.807) is 6.92 Å². The molecule has 1 aromatic heterocycles. The van der Waals surface area contributed by atoms with Gasteiger partial charge >= 0.3 is 82.8 Å². The van der Waals surface area contributed by atoms with Gasteiger partial charge in [-0.1, -0.05) is 0 Å². The van der Waals surface area contributed by atoms with Crippen molar-refractivity contribution in [2.75, 3.05) is 0 Å². The zero-order chi connectivity index (χ0) is 10.0. The number of rotatable bonds is 3. The van der Waals surface area contributed by atoms with Gasteiger partial charge in [0.2, 0.25) is 0 Å². The number of hydrogen-bond acceptors (Lipinski definition) is 4. The van der Waals surface area contributed by atoms with Gasteiger partial charge in [-0.25, -0.2) is 0 Å². The second-order valence-corrected chi connectivity index (χ2v) is 4.38. The summed E-state index contributed by atoms with van der Waals surface area (Å²) in [5.41, 5.74) is 0.483. The molecule has 1 rings (SSSR count). The van der Waals surface area contributed by atoms with Crippen LogP contribution in [0.2, 0.25) is 4.71 Å². The van der Waals surface area contributed by atoms with Crippen LogP contribution in [0.3, 0.4) is 0 Å². The molecule has 0 spiro atoms. The Labute approximate surface area is 83.2 Å². The van der Waals surface area contributed by atoms with Crippen LogP contribution in [0.25, 0.3) is 0 Å². The van der Waals surface area contributed by atoms with Gasteiger partial charge in [-0.2, -0.15) is 0 Å². The van der Waals surface area contributed by atoms with Crippen molar-refractivity contribution in [3.05, 3.63) is 11.3 Å². The van der Waals surface area contributed by atoms with Crippen molar-refractivity contribution in [1.29, 1.82) is 0 Å². The second kappa shape index (κ2) is 3.83. The van der Waals surface area contributed by atoms with E-state index in [9.17, 15) is 9.90 Å². The Morgan fingerprint density at radius 1 is 1.77 bits per heavy atom. The fraction of sp³-hybridized carbons (Fsp3) is 0.429. The quantitative estimate of drug-likeness (QED) is 0.719. The Kier molecular flexibility index (Phi) is 2.98. The van der Waals surface area contributed by atoms with Crippen molar-refractivity contribution in [1.82, 2.24) is 5.16 Å². The van der Waals surface area contributed by atoms with Crippen molar-refractivity contribution in [3.8, 4) is 5.88 Å². The van der Waals surface area contributed by atoms with Crippen LogP contribution in [0.15, 0.2) is 4.52 Å². The Morgan fingerprint density at radius 2 is 2.38 bits per heavy atom. The Morgan fingerprint density at radius 3 is 2.77 bits per heavy atom. The molecule has 0 aliphatic carbocycles. The summed E-state index contributed by atoms with van der Waals surface area (Å²) in [4.78, 5) is 10.5. The molecule has 0 saturated carbocycles. The molecule has 0 saturated heterocycles. The normalized spacial score (nSPS) is 12.8. The fourth-order valence-electron chi connectivity index (χ4n) is 0.922. The first-order chi connectivity index (χ1) is 6.02. The molecule has 0 aliphatic rings. The fourth-order valence-corrected chi connectivity index (χ4v) is 1.42. The predicted molar refractivity (Wildman–Crippen MR) is 46.5 cm³/mol. The zero-order valence-corrected chi connectivity index (χ0v) is 9.44. The third kappa shape index (κ3) is 2.25. The number of aliphatic carboxylic acids is 1. The molecular weight excluding hydrogens is 237 g/mol. The summed E-state index contributed by atoms with van der Waals surface area (Å²) < 4.78 is 4.20. The van der Waals surface area contributed by atoms with Crippen LogP contribution in [0, 0.1) is 6.92 Å². The van der Waals surface area contributed by atoms with Gasteiger partial charge < -0.3 is 0 Å². The van der Waals surface area contributed by atoms with E-state index in [1.165, 1.54) is 0 Å². The number of carbonyl (C=O) groups is 1. The van der Waals surface area contributed by atoms with Gasteiger partial charge in [0.15, 0.2) is 0 Å². The number of carboxylic acid groups (broad SMARTS) is 1. The van der Waals surface area contributed by atoms with Gasteiger partial charge in [-0.3, -0.25) is 0 Å². The number of aryl methyl sites for hydroxylation is 1. The van der Waals surface area contributed by atoms with Crippen LogP contribution in [0.1, 0.15) is 11.3 Å². The minimum absolute atomic E-state index is 0.207. The molecule has 13 heavy (non-hydrogen) atoms. The predicted octanol–water partition coefficient (Wildman–Crippen LogP) is -0.263. The zero-order valence-electron chi connectivity index (χ0n) is 7.02. The van der Waals surface area contributed by atoms with Gasteiger partial charge in [0, 0.05) is 0 Å². The first-order valence-electron chi connectivity index (χ1n) is 3.65. The van der Waals surface area contributed by atoms with E-state index in [4.69, 9.17) is 5.11 Å². The van der Waals surface area contributed by atoms with Gasteiger partial charge in [0.05, 0.1) is 0 Å². The third-order valence-corrected chi connectivity index (χ3v) is 2.80. The van der Waals surface area contributed by atoms with Crippen molar-refractivity contribution in [2.24, 2.45) is 0 Å². The van der Waals surface area contributed by atoms with Crippen LogP contribution < -0.4 is 0 Å². The van der Waals surface area contributed by atoms with Crippen LogP contribution >= 0.6 is 0 Å². The molecule has 2 atom stereocenters. The standard InChI is InChI=1S/C7H10AsNO4/c1-3-4(6(10)9-13-3)2-5(8)7(11)12/h5H,2,8H2,1H3,(H,9,10)(H,11,12). The molecule has 6 heteroatoms. The Hall–Kier alpha value is -0.962. The summed E-state index contributed by atoms with van der Waals surface area (Å²) in [5, 5.41) is 21.1. The molecule has 72 valence electrons. The Bertz CT molecular complexity index is 303. The molecular formula is C7H10AsNO4. The first-order valence-corrected chi connectivity index (χ1v) is 5.04. The number of carboxylic acids is 1. The first kappa shape index (κ1) is 10.1. The van der Waals surface area contributed by atoms with Gasteiger partial charge in [0.25, 0.3) is 0 Å². The van der Waals surface area contributed by atoms with Gasteiger partial charge in [0.1, 0.15) is 0 Å². The molecule has 0 bridgehead atoms. The van der Waals surface area contributed by atoms with Crippen LogP contribution in [0.5, 0.6) is 5.88 Å². The molecule has 0 aromatic carbocycles. The van der Waals surface area contributed by atoms with Crippen molar-refractivity contribution < 1.29 is 19.5 Å². The van der Waals surface area contributed by atoms with E-state index >= 15 is 0 Å². The monoisotopic (exact) mass is 247 g/mol. The summed E-state index contributed by atoms with van der Waals surface area (Å²) in [6.45, 7) is 1.64. The van der Waals surface area contributed by atoms with E-state index in [2.05, 4.69) is 9.68 Å². The van der Waals surface area contributed by atoms with Crippen LogP contribution in [-0.2, 0) is 11.2 Å². The molecule has 0 radical (unpaired) electrons. The summed E-state index contributed by atoms with van der Waals surface area (Å²) >= 11 is 1.10. The average molecular weight is 247 g/mol. The maximum atomic E-state index is 10.5. The molecule has 1 heterocycles. The molecule has 5 nitrogen and oxygen atoms in total. The Balaban J connectivity index is 2.79. The molecule has 0 amide bonds. The van der Waals surface area contributed by atoms with E-state index < -0.39 is 10.7 Å². The van der Waals surface area contributed by atoms with Gasteiger partial charge in [-0.05, 0) is 0 Å². The minimum atomic E-state index is -0.875.